The molecule has 2 aromatic rings. The van der Waals surface area contributed by atoms with Gasteiger partial charge in [-0.3, -0.25) is 24.2 Å². The normalized spacial score (nSPS) is 18.7. The Morgan fingerprint density at radius 1 is 0.914 bits per heavy atom. The zero-order valence-electron chi connectivity index (χ0n) is 19.6. The predicted molar refractivity (Wildman–Crippen MR) is 143 cm³/mol. The van der Waals surface area contributed by atoms with E-state index < -0.39 is 5.54 Å². The smallest absolute Gasteiger partial charge is 0.238 e. The lowest BCUT2D eigenvalue weighted by atomic mass is 9.83. The zero-order valence-corrected chi connectivity index (χ0v) is 22.7. The highest BCUT2D eigenvalue weighted by Gasteiger charge is 2.45. The number of carbonyl (C=O) groups excluding carboxylic acids is 3. The fourth-order valence-corrected chi connectivity index (χ4v) is 5.94. The van der Waals surface area contributed by atoms with Gasteiger partial charge in [0.05, 0.1) is 12.2 Å². The number of hydrogen-bond acceptors (Lipinski definition) is 5. The molecular formula is C26H30Br2N4O3. The third kappa shape index (κ3) is 5.85. The molecule has 9 heteroatoms. The first kappa shape index (κ1) is 26.0. The quantitative estimate of drug-likeness (QED) is 0.462. The van der Waals surface area contributed by atoms with E-state index in [0.29, 0.717) is 47.2 Å². The monoisotopic (exact) mass is 604 g/mol. The molecule has 3 N–H and O–H groups in total. The summed E-state index contributed by atoms with van der Waals surface area (Å²) in [6, 6.07) is 12.5. The molecule has 0 aliphatic carbocycles. The topological polar surface area (TPSA) is 95.7 Å². The van der Waals surface area contributed by atoms with Gasteiger partial charge < -0.3 is 11.1 Å². The van der Waals surface area contributed by atoms with Crippen LogP contribution in [0.15, 0.2) is 51.4 Å². The van der Waals surface area contributed by atoms with Gasteiger partial charge in [0.2, 0.25) is 11.8 Å². The molecule has 2 aliphatic heterocycles. The second-order valence-corrected chi connectivity index (χ2v) is 11.0. The average Bonchev–Trinajstić information content (AvgIpc) is 2.86. The van der Waals surface area contributed by atoms with Gasteiger partial charge in [-0.1, -0.05) is 50.4 Å². The van der Waals surface area contributed by atoms with Crippen LogP contribution in [0.4, 0.5) is 5.69 Å². The fourth-order valence-electron chi connectivity index (χ4n) is 5.12. The molecule has 35 heavy (non-hydrogen) atoms. The number of halogens is 2. The third-order valence-electron chi connectivity index (χ3n) is 7.09. The highest BCUT2D eigenvalue weighted by molar-refractivity contribution is 9.10. The largest absolute Gasteiger partial charge is 0.368 e. The van der Waals surface area contributed by atoms with E-state index in [1.807, 2.05) is 12.1 Å². The number of nitrogens with two attached hydrogens (primary N) is 1. The summed E-state index contributed by atoms with van der Waals surface area (Å²) < 4.78 is 1.45. The number of anilines is 1. The van der Waals surface area contributed by atoms with Crippen molar-refractivity contribution in [2.75, 3.05) is 38.0 Å². The summed E-state index contributed by atoms with van der Waals surface area (Å²) in [7, 11) is 0. The van der Waals surface area contributed by atoms with E-state index in [1.165, 1.54) is 6.42 Å². The maximum absolute atomic E-state index is 13.2. The number of hydrogen-bond donors (Lipinski definition) is 2. The minimum atomic E-state index is -0.609. The lowest BCUT2D eigenvalue weighted by Gasteiger charge is -2.48. The summed E-state index contributed by atoms with van der Waals surface area (Å²) in [6.07, 6.45) is 4.63. The minimum Gasteiger partial charge on any atom is -0.368 e. The Bertz CT molecular complexity index is 1110. The molecule has 0 atom stereocenters. The van der Waals surface area contributed by atoms with E-state index in [2.05, 4.69) is 47.0 Å². The molecule has 2 aliphatic rings. The highest BCUT2D eigenvalue weighted by Crippen LogP contribution is 2.32. The number of piperidine rings is 2. The van der Waals surface area contributed by atoms with E-state index in [0.717, 1.165) is 30.4 Å². The van der Waals surface area contributed by atoms with Crippen molar-refractivity contribution in [3.05, 3.63) is 62.5 Å². The van der Waals surface area contributed by atoms with Gasteiger partial charge in [-0.25, -0.2) is 0 Å². The molecular weight excluding hydrogens is 576 g/mol. The van der Waals surface area contributed by atoms with Crippen LogP contribution >= 0.6 is 31.9 Å². The van der Waals surface area contributed by atoms with Gasteiger partial charge in [0.25, 0.3) is 0 Å². The van der Waals surface area contributed by atoms with Crippen LogP contribution in [-0.4, -0.2) is 65.7 Å². The first-order valence-electron chi connectivity index (χ1n) is 12.0. The molecule has 0 radical (unpaired) electrons. The Morgan fingerprint density at radius 2 is 1.60 bits per heavy atom. The van der Waals surface area contributed by atoms with Crippen molar-refractivity contribution in [3.63, 3.8) is 0 Å². The summed E-state index contributed by atoms with van der Waals surface area (Å²) >= 11 is 6.87. The standard InChI is InChI=1S/C26H30Br2N4O3/c27-18-8-9-22(20(16-18)24(34)19-6-2-3-7-21(19)28)30-23(33)17-31-14-10-26(11-15-31,25(29)35)32-12-4-1-5-13-32/h2-3,6-9,16H,1,4-5,10-15,17H2,(H2,29,35)(H,30,33). The van der Waals surface area contributed by atoms with E-state index in [9.17, 15) is 14.4 Å². The van der Waals surface area contributed by atoms with Crippen LogP contribution in [0.25, 0.3) is 0 Å². The SMILES string of the molecule is NC(=O)C1(N2CCCCC2)CCN(CC(=O)Nc2ccc(Br)cc2C(=O)c2ccccc2Br)CC1. The van der Waals surface area contributed by atoms with Crippen molar-refractivity contribution >= 4 is 55.1 Å². The van der Waals surface area contributed by atoms with Gasteiger partial charge in [-0.15, -0.1) is 0 Å². The zero-order chi connectivity index (χ0) is 25.0. The molecule has 0 bridgehead atoms. The van der Waals surface area contributed by atoms with Crippen LogP contribution < -0.4 is 11.1 Å². The first-order chi connectivity index (χ1) is 16.8. The van der Waals surface area contributed by atoms with Gasteiger partial charge in [-0.2, -0.15) is 0 Å². The van der Waals surface area contributed by atoms with Crippen LogP contribution in [-0.2, 0) is 9.59 Å². The number of nitrogens with one attached hydrogen (secondary N) is 1. The Labute approximate surface area is 222 Å². The molecule has 2 aromatic carbocycles. The molecule has 2 saturated heterocycles. The first-order valence-corrected chi connectivity index (χ1v) is 13.5. The molecule has 0 aromatic heterocycles. The van der Waals surface area contributed by atoms with E-state index >= 15 is 0 Å². The number of carbonyl (C=O) groups is 3. The van der Waals surface area contributed by atoms with Crippen molar-refractivity contribution in [2.24, 2.45) is 5.73 Å². The van der Waals surface area contributed by atoms with Crippen molar-refractivity contribution in [3.8, 4) is 0 Å². The van der Waals surface area contributed by atoms with E-state index in [4.69, 9.17) is 5.73 Å². The average molecular weight is 606 g/mol. The summed E-state index contributed by atoms with van der Waals surface area (Å²) in [4.78, 5) is 43.0. The van der Waals surface area contributed by atoms with Gasteiger partial charge in [0, 0.05) is 33.2 Å². The van der Waals surface area contributed by atoms with Gasteiger partial charge in [-0.05, 0) is 69.1 Å². The van der Waals surface area contributed by atoms with Crippen molar-refractivity contribution in [1.82, 2.24) is 9.80 Å². The number of nitrogens with zero attached hydrogens (tertiary/aromatic N) is 2. The minimum absolute atomic E-state index is 0.181. The lowest BCUT2D eigenvalue weighted by Crippen LogP contribution is -2.63. The number of amides is 2. The summed E-state index contributed by atoms with van der Waals surface area (Å²) in [6.45, 7) is 3.24. The van der Waals surface area contributed by atoms with E-state index in [-0.39, 0.29) is 24.1 Å². The molecule has 0 spiro atoms. The Morgan fingerprint density at radius 3 is 2.26 bits per heavy atom. The maximum atomic E-state index is 13.2. The molecule has 0 unspecified atom stereocenters. The highest BCUT2D eigenvalue weighted by atomic mass is 79.9. The summed E-state index contributed by atoms with van der Waals surface area (Å²) in [5.74, 6) is -0.633. The molecule has 2 amide bonds. The van der Waals surface area contributed by atoms with Crippen molar-refractivity contribution < 1.29 is 14.4 Å². The van der Waals surface area contributed by atoms with Crippen LogP contribution in [0.2, 0.25) is 0 Å². The molecule has 2 heterocycles. The van der Waals surface area contributed by atoms with Crippen LogP contribution in [0, 0.1) is 0 Å². The Hall–Kier alpha value is -2.07. The molecule has 4 rings (SSSR count). The summed E-state index contributed by atoms with van der Waals surface area (Å²) in [5.41, 5.74) is 6.68. The van der Waals surface area contributed by atoms with Crippen molar-refractivity contribution in [2.45, 2.75) is 37.6 Å². The molecule has 2 fully saturated rings. The number of likely N-dealkylation sites (tertiary alicyclic amines) is 2. The predicted octanol–water partition coefficient (Wildman–Crippen LogP) is 4.19. The third-order valence-corrected chi connectivity index (χ3v) is 8.27. The Balaban J connectivity index is 1.42. The number of benzene rings is 2. The van der Waals surface area contributed by atoms with Crippen LogP contribution in [0.1, 0.15) is 48.0 Å². The molecule has 186 valence electrons. The van der Waals surface area contributed by atoms with Gasteiger partial charge in [0.15, 0.2) is 5.78 Å². The molecule has 7 nitrogen and oxygen atoms in total. The molecule has 0 saturated carbocycles. The Kier molecular flexibility index (Phi) is 8.42. The van der Waals surface area contributed by atoms with Crippen LogP contribution in [0.5, 0.6) is 0 Å². The number of primary amides is 1. The second-order valence-electron chi connectivity index (χ2n) is 9.27. The fraction of sp³-hybridized carbons (Fsp3) is 0.423. The van der Waals surface area contributed by atoms with Crippen LogP contribution in [0.3, 0.4) is 0 Å². The van der Waals surface area contributed by atoms with Gasteiger partial charge in [0.1, 0.15) is 5.54 Å². The van der Waals surface area contributed by atoms with Gasteiger partial charge >= 0.3 is 0 Å². The number of rotatable bonds is 7. The number of ketones is 1. The maximum Gasteiger partial charge on any atom is 0.238 e. The van der Waals surface area contributed by atoms with E-state index in [1.54, 1.807) is 30.3 Å². The van der Waals surface area contributed by atoms with Crippen molar-refractivity contribution in [1.29, 1.82) is 0 Å². The summed E-state index contributed by atoms with van der Waals surface area (Å²) in [5, 5.41) is 2.92. The lowest BCUT2D eigenvalue weighted by molar-refractivity contribution is -0.135. The second kappa shape index (κ2) is 11.3.